The molecule has 172 valence electrons. The number of hydrogen-bond donors (Lipinski definition) is 5. The van der Waals surface area contributed by atoms with E-state index in [1.807, 2.05) is 4.57 Å². The van der Waals surface area contributed by atoms with Crippen molar-refractivity contribution in [3.05, 3.63) is 28.8 Å². The van der Waals surface area contributed by atoms with Gasteiger partial charge in [-0.2, -0.15) is 9.97 Å². The fourth-order valence-electron chi connectivity index (χ4n) is 4.48. The van der Waals surface area contributed by atoms with E-state index in [9.17, 15) is 9.90 Å². The van der Waals surface area contributed by atoms with Crippen molar-refractivity contribution in [1.82, 2.24) is 24.5 Å². The molecule has 0 aliphatic heterocycles. The van der Waals surface area contributed by atoms with E-state index in [2.05, 4.69) is 34.4 Å². The molecule has 1 saturated carbocycles. The number of rotatable bonds is 8. The Kier molecular flexibility index (Phi) is 6.59. The molecular formula is C22H32N8O2. The number of nitrogen functional groups attached to an aromatic ring is 1. The highest BCUT2D eigenvalue weighted by molar-refractivity contribution is 5.86. The van der Waals surface area contributed by atoms with Crippen LogP contribution in [0.1, 0.15) is 58.4 Å². The van der Waals surface area contributed by atoms with Crippen molar-refractivity contribution in [2.75, 3.05) is 23.0 Å². The number of nitrogens with one attached hydrogen (secondary N) is 3. The number of aromatic nitrogens is 5. The van der Waals surface area contributed by atoms with Crippen LogP contribution in [0.3, 0.4) is 0 Å². The van der Waals surface area contributed by atoms with Gasteiger partial charge in [-0.3, -0.25) is 4.79 Å². The fraction of sp³-hybridized carbons (Fsp3) is 0.545. The van der Waals surface area contributed by atoms with E-state index in [4.69, 9.17) is 15.7 Å². The highest BCUT2D eigenvalue weighted by atomic mass is 16.2. The van der Waals surface area contributed by atoms with E-state index in [0.29, 0.717) is 28.9 Å². The first-order valence-electron chi connectivity index (χ1n) is 11.3. The minimum Gasteiger partial charge on any atom is -0.396 e. The summed E-state index contributed by atoms with van der Waals surface area (Å²) in [5.41, 5.74) is 7.39. The lowest BCUT2D eigenvalue weighted by Crippen LogP contribution is -2.33. The Morgan fingerprint density at radius 3 is 2.84 bits per heavy atom. The van der Waals surface area contributed by atoms with Gasteiger partial charge >= 0.3 is 0 Å². The Balaban J connectivity index is 1.70. The van der Waals surface area contributed by atoms with Crippen molar-refractivity contribution in [3.8, 4) is 0 Å². The quantitative estimate of drug-likeness (QED) is 0.359. The maximum atomic E-state index is 11.9. The summed E-state index contributed by atoms with van der Waals surface area (Å²) in [6.07, 6.45) is 8.12. The molecule has 0 radical (unpaired) electrons. The Bertz CT molecular complexity index is 1120. The number of anilines is 4. The van der Waals surface area contributed by atoms with Gasteiger partial charge in [0, 0.05) is 36.5 Å². The number of nitrogens with zero attached hydrogens (tertiary/aromatic N) is 4. The van der Waals surface area contributed by atoms with Crippen LogP contribution in [0.25, 0.3) is 11.2 Å². The molecule has 10 nitrogen and oxygen atoms in total. The zero-order chi connectivity index (χ0) is 22.7. The van der Waals surface area contributed by atoms with Gasteiger partial charge in [0.15, 0.2) is 17.0 Å². The Hall–Kier alpha value is -3.14. The standard InChI is InChI=1S/C22H32N8O2/c1-13(2)30-12-24-19-20(25-15-10-17(23)27-18(32)11-15)28-22(29-21(19)30)26-16-8-4-3-6-14(16)7-5-9-31/h10-14,16,31H,3-9H2,1-2H3,(H5,23,25,26,27,28,29,32)/t14-,16+/m1/s1. The number of aromatic amines is 1. The molecule has 6 N–H and O–H groups in total. The molecule has 3 aromatic heterocycles. The molecule has 0 unspecified atom stereocenters. The third-order valence-electron chi connectivity index (χ3n) is 6.06. The summed E-state index contributed by atoms with van der Waals surface area (Å²) in [5.74, 6) is 1.80. The van der Waals surface area contributed by atoms with Crippen molar-refractivity contribution < 1.29 is 5.11 Å². The minimum atomic E-state index is -0.294. The van der Waals surface area contributed by atoms with Crippen LogP contribution in [0.2, 0.25) is 0 Å². The summed E-state index contributed by atoms with van der Waals surface area (Å²) in [4.78, 5) is 28.4. The molecule has 0 saturated heterocycles. The van der Waals surface area contributed by atoms with Crippen LogP contribution < -0.4 is 21.9 Å². The number of H-pyrrole nitrogens is 1. The van der Waals surface area contributed by atoms with E-state index in [1.165, 1.54) is 12.5 Å². The van der Waals surface area contributed by atoms with Crippen molar-refractivity contribution in [1.29, 1.82) is 0 Å². The average molecular weight is 441 g/mol. The Morgan fingerprint density at radius 1 is 1.28 bits per heavy atom. The van der Waals surface area contributed by atoms with Crippen molar-refractivity contribution in [3.63, 3.8) is 0 Å². The van der Waals surface area contributed by atoms with E-state index < -0.39 is 0 Å². The number of aliphatic hydroxyl groups is 1. The summed E-state index contributed by atoms with van der Waals surface area (Å²) in [6.45, 7) is 4.37. The van der Waals surface area contributed by atoms with E-state index in [0.717, 1.165) is 37.8 Å². The van der Waals surface area contributed by atoms with E-state index in [-0.39, 0.29) is 30.1 Å². The molecule has 1 aliphatic carbocycles. The first-order chi connectivity index (χ1) is 15.4. The van der Waals surface area contributed by atoms with Crippen LogP contribution in [-0.4, -0.2) is 42.3 Å². The molecule has 0 spiro atoms. The predicted octanol–water partition coefficient (Wildman–Crippen LogP) is 3.16. The lowest BCUT2D eigenvalue weighted by Gasteiger charge is -2.32. The highest BCUT2D eigenvalue weighted by Crippen LogP contribution is 2.31. The predicted molar refractivity (Wildman–Crippen MR) is 126 cm³/mol. The lowest BCUT2D eigenvalue weighted by molar-refractivity contribution is 0.244. The maximum Gasteiger partial charge on any atom is 0.251 e. The third-order valence-corrected chi connectivity index (χ3v) is 6.06. The van der Waals surface area contributed by atoms with E-state index >= 15 is 0 Å². The zero-order valence-electron chi connectivity index (χ0n) is 18.6. The van der Waals surface area contributed by atoms with Crippen LogP contribution in [0, 0.1) is 5.92 Å². The van der Waals surface area contributed by atoms with Gasteiger partial charge in [0.1, 0.15) is 5.82 Å². The monoisotopic (exact) mass is 440 g/mol. The SMILES string of the molecule is CC(C)n1cnc2c(Nc3cc(N)[nH]c(=O)c3)nc(N[C@H]3CCCC[C@@H]3CCCO)nc21. The van der Waals surface area contributed by atoms with Gasteiger partial charge in [-0.25, -0.2) is 4.98 Å². The third kappa shape index (κ3) is 4.85. The fourth-order valence-corrected chi connectivity index (χ4v) is 4.48. The van der Waals surface area contributed by atoms with Gasteiger partial charge in [0.25, 0.3) is 5.56 Å². The largest absolute Gasteiger partial charge is 0.396 e. The summed E-state index contributed by atoms with van der Waals surface area (Å²) in [6, 6.07) is 3.51. The summed E-state index contributed by atoms with van der Waals surface area (Å²) < 4.78 is 2.00. The van der Waals surface area contributed by atoms with E-state index in [1.54, 1.807) is 12.4 Å². The van der Waals surface area contributed by atoms with Gasteiger partial charge in [-0.15, -0.1) is 0 Å². The molecule has 2 atom stereocenters. The molecule has 0 bridgehead atoms. The molecule has 1 fully saturated rings. The molecule has 10 heteroatoms. The Labute approximate surface area is 186 Å². The second-order valence-electron chi connectivity index (χ2n) is 8.79. The molecular weight excluding hydrogens is 408 g/mol. The number of pyridine rings is 1. The Morgan fingerprint density at radius 2 is 2.09 bits per heavy atom. The van der Waals surface area contributed by atoms with Crippen LogP contribution in [0.5, 0.6) is 0 Å². The van der Waals surface area contributed by atoms with Crippen LogP contribution in [0.4, 0.5) is 23.3 Å². The lowest BCUT2D eigenvalue weighted by atomic mass is 9.82. The van der Waals surface area contributed by atoms with Crippen molar-refractivity contribution in [2.45, 2.75) is 64.5 Å². The second kappa shape index (κ2) is 9.56. The first-order valence-corrected chi connectivity index (χ1v) is 11.3. The number of fused-ring (bicyclic) bond motifs is 1. The van der Waals surface area contributed by atoms with Crippen LogP contribution in [-0.2, 0) is 0 Å². The van der Waals surface area contributed by atoms with Crippen molar-refractivity contribution in [2.24, 2.45) is 5.92 Å². The molecule has 1 aliphatic rings. The summed E-state index contributed by atoms with van der Waals surface area (Å²) in [7, 11) is 0. The number of aliphatic hydroxyl groups excluding tert-OH is 1. The van der Waals surface area contributed by atoms with Gasteiger partial charge in [0.2, 0.25) is 5.95 Å². The highest BCUT2D eigenvalue weighted by Gasteiger charge is 2.26. The summed E-state index contributed by atoms with van der Waals surface area (Å²) in [5, 5.41) is 16.0. The first kappa shape index (κ1) is 22.1. The molecule has 0 aromatic carbocycles. The number of nitrogens with two attached hydrogens (primary N) is 1. The van der Waals surface area contributed by atoms with Gasteiger partial charge in [-0.1, -0.05) is 12.8 Å². The average Bonchev–Trinajstić information content (AvgIpc) is 3.17. The molecule has 32 heavy (non-hydrogen) atoms. The molecule has 3 heterocycles. The molecule has 0 amide bonds. The van der Waals surface area contributed by atoms with Gasteiger partial charge < -0.3 is 31.0 Å². The number of hydrogen-bond acceptors (Lipinski definition) is 8. The zero-order valence-corrected chi connectivity index (χ0v) is 18.6. The smallest absolute Gasteiger partial charge is 0.251 e. The van der Waals surface area contributed by atoms with Crippen LogP contribution in [0.15, 0.2) is 23.3 Å². The summed E-state index contributed by atoms with van der Waals surface area (Å²) >= 11 is 0. The van der Waals surface area contributed by atoms with Crippen LogP contribution >= 0.6 is 0 Å². The molecule has 4 rings (SSSR count). The van der Waals surface area contributed by atoms with Gasteiger partial charge in [-0.05, 0) is 45.4 Å². The second-order valence-corrected chi connectivity index (χ2v) is 8.79. The number of imidazole rings is 1. The topological polar surface area (TPSA) is 147 Å². The minimum absolute atomic E-state index is 0.179. The van der Waals surface area contributed by atoms with Crippen molar-refractivity contribution >= 4 is 34.4 Å². The van der Waals surface area contributed by atoms with Gasteiger partial charge in [0.05, 0.1) is 6.33 Å². The maximum absolute atomic E-state index is 11.9. The molecule has 3 aromatic rings. The normalized spacial score (nSPS) is 18.9.